The van der Waals surface area contributed by atoms with Crippen LogP contribution in [0.15, 0.2) is 30.3 Å². The van der Waals surface area contributed by atoms with Gasteiger partial charge in [-0.2, -0.15) is 5.10 Å². The van der Waals surface area contributed by atoms with Crippen molar-refractivity contribution in [3.8, 4) is 5.69 Å². The summed E-state index contributed by atoms with van der Waals surface area (Å²) in [6, 6.07) is 10.4. The van der Waals surface area contributed by atoms with Gasteiger partial charge >= 0.3 is 0 Å². The van der Waals surface area contributed by atoms with Crippen molar-refractivity contribution in [1.82, 2.24) is 19.6 Å². The SMILES string of the molecule is Cc1nn(-c2ccccc2)c(C)c1CN1CCN(CC(C)C)CC1. The minimum atomic E-state index is 0.755. The first-order valence-electron chi connectivity index (χ1n) is 9.10. The Hall–Kier alpha value is -1.65. The van der Waals surface area contributed by atoms with Gasteiger partial charge in [-0.15, -0.1) is 0 Å². The van der Waals surface area contributed by atoms with Gasteiger partial charge in [0.1, 0.15) is 0 Å². The van der Waals surface area contributed by atoms with Crippen LogP contribution >= 0.6 is 0 Å². The van der Waals surface area contributed by atoms with Crippen LogP contribution in [0.25, 0.3) is 5.69 Å². The van der Waals surface area contributed by atoms with Crippen LogP contribution in [0.5, 0.6) is 0 Å². The molecule has 4 nitrogen and oxygen atoms in total. The molecule has 2 aromatic rings. The smallest absolute Gasteiger partial charge is 0.0648 e. The molecule has 1 saturated heterocycles. The van der Waals surface area contributed by atoms with Gasteiger partial charge in [0.25, 0.3) is 0 Å². The van der Waals surface area contributed by atoms with Crippen LogP contribution in [-0.4, -0.2) is 52.3 Å². The molecule has 4 heteroatoms. The average molecular weight is 326 g/mol. The van der Waals surface area contributed by atoms with E-state index < -0.39 is 0 Å². The number of piperazine rings is 1. The van der Waals surface area contributed by atoms with Gasteiger partial charge < -0.3 is 4.90 Å². The predicted octanol–water partition coefficient (Wildman–Crippen LogP) is 3.26. The molecular formula is C20H30N4. The van der Waals surface area contributed by atoms with Crippen LogP contribution in [0.3, 0.4) is 0 Å². The molecule has 130 valence electrons. The van der Waals surface area contributed by atoms with Gasteiger partial charge in [-0.3, -0.25) is 4.90 Å². The summed E-state index contributed by atoms with van der Waals surface area (Å²) in [5.41, 5.74) is 4.95. The quantitative estimate of drug-likeness (QED) is 0.843. The molecule has 3 rings (SSSR count). The van der Waals surface area contributed by atoms with E-state index in [-0.39, 0.29) is 0 Å². The molecule has 1 aliphatic rings. The van der Waals surface area contributed by atoms with Crippen LogP contribution in [0.1, 0.15) is 30.8 Å². The molecule has 0 atom stereocenters. The molecule has 1 aliphatic heterocycles. The topological polar surface area (TPSA) is 24.3 Å². The van der Waals surface area contributed by atoms with Crippen molar-refractivity contribution in [1.29, 1.82) is 0 Å². The highest BCUT2D eigenvalue weighted by Gasteiger charge is 2.20. The van der Waals surface area contributed by atoms with Gasteiger partial charge in [0, 0.05) is 50.5 Å². The molecule has 0 N–H and O–H groups in total. The monoisotopic (exact) mass is 326 g/mol. The maximum absolute atomic E-state index is 4.78. The van der Waals surface area contributed by atoms with Crippen molar-refractivity contribution < 1.29 is 0 Å². The van der Waals surface area contributed by atoms with E-state index in [1.807, 2.05) is 6.07 Å². The molecule has 0 spiro atoms. The molecule has 1 aromatic heterocycles. The van der Waals surface area contributed by atoms with Crippen molar-refractivity contribution in [3.63, 3.8) is 0 Å². The van der Waals surface area contributed by atoms with Crippen LogP contribution in [-0.2, 0) is 6.54 Å². The Morgan fingerprint density at radius 3 is 2.21 bits per heavy atom. The molecule has 1 fully saturated rings. The predicted molar refractivity (Wildman–Crippen MR) is 99.6 cm³/mol. The molecule has 24 heavy (non-hydrogen) atoms. The second kappa shape index (κ2) is 7.49. The van der Waals surface area contributed by atoms with Crippen molar-refractivity contribution >= 4 is 0 Å². The molecule has 0 radical (unpaired) electrons. The molecule has 1 aromatic carbocycles. The minimum absolute atomic E-state index is 0.755. The van der Waals surface area contributed by atoms with Gasteiger partial charge in [-0.05, 0) is 31.9 Å². The molecule has 0 unspecified atom stereocenters. The summed E-state index contributed by atoms with van der Waals surface area (Å²) >= 11 is 0. The zero-order chi connectivity index (χ0) is 17.1. The van der Waals surface area contributed by atoms with E-state index in [0.717, 1.165) is 36.9 Å². The second-order valence-corrected chi connectivity index (χ2v) is 7.37. The maximum Gasteiger partial charge on any atom is 0.0648 e. The Labute approximate surface area is 146 Å². The van der Waals surface area contributed by atoms with Gasteiger partial charge in [0.2, 0.25) is 0 Å². The molecular weight excluding hydrogens is 296 g/mol. The Morgan fingerprint density at radius 2 is 1.58 bits per heavy atom. The third-order valence-corrected chi connectivity index (χ3v) is 4.91. The van der Waals surface area contributed by atoms with Crippen LogP contribution in [0.4, 0.5) is 0 Å². The van der Waals surface area contributed by atoms with E-state index in [2.05, 4.69) is 66.4 Å². The van der Waals surface area contributed by atoms with E-state index in [1.165, 1.54) is 30.9 Å². The Morgan fingerprint density at radius 1 is 0.958 bits per heavy atom. The fourth-order valence-electron chi connectivity index (χ4n) is 3.59. The van der Waals surface area contributed by atoms with Gasteiger partial charge in [0.05, 0.1) is 11.4 Å². The fraction of sp³-hybridized carbons (Fsp3) is 0.550. The van der Waals surface area contributed by atoms with E-state index in [4.69, 9.17) is 5.10 Å². The molecule has 2 heterocycles. The lowest BCUT2D eigenvalue weighted by Gasteiger charge is -2.35. The summed E-state index contributed by atoms with van der Waals surface area (Å²) in [5, 5.41) is 4.78. The summed E-state index contributed by atoms with van der Waals surface area (Å²) < 4.78 is 2.08. The lowest BCUT2D eigenvalue weighted by Crippen LogP contribution is -2.47. The van der Waals surface area contributed by atoms with Gasteiger partial charge in [-0.1, -0.05) is 32.0 Å². The summed E-state index contributed by atoms with van der Waals surface area (Å²) in [5.74, 6) is 0.755. The van der Waals surface area contributed by atoms with E-state index in [0.29, 0.717) is 0 Å². The molecule has 0 amide bonds. The number of hydrogen-bond donors (Lipinski definition) is 0. The normalized spacial score (nSPS) is 16.9. The van der Waals surface area contributed by atoms with Crippen LogP contribution in [0, 0.1) is 19.8 Å². The third kappa shape index (κ3) is 3.87. The third-order valence-electron chi connectivity index (χ3n) is 4.91. The first-order valence-corrected chi connectivity index (χ1v) is 9.10. The number of aryl methyl sites for hydroxylation is 1. The van der Waals surface area contributed by atoms with E-state index in [1.54, 1.807) is 0 Å². The van der Waals surface area contributed by atoms with Crippen LogP contribution in [0.2, 0.25) is 0 Å². The van der Waals surface area contributed by atoms with Gasteiger partial charge in [-0.25, -0.2) is 4.68 Å². The minimum Gasteiger partial charge on any atom is -0.301 e. The number of para-hydroxylation sites is 1. The number of nitrogens with zero attached hydrogens (tertiary/aromatic N) is 4. The summed E-state index contributed by atoms with van der Waals surface area (Å²) in [4.78, 5) is 5.16. The highest BCUT2D eigenvalue weighted by Crippen LogP contribution is 2.20. The molecule has 0 bridgehead atoms. The Bertz CT molecular complexity index is 652. The molecule has 0 saturated carbocycles. The summed E-state index contributed by atoms with van der Waals surface area (Å²) in [6.07, 6.45) is 0. The van der Waals surface area contributed by atoms with Crippen LogP contribution < -0.4 is 0 Å². The zero-order valence-electron chi connectivity index (χ0n) is 15.5. The standard InChI is InChI=1S/C20H30N4/c1-16(2)14-22-10-12-23(13-11-22)15-20-17(3)21-24(18(20)4)19-8-6-5-7-9-19/h5-9,16H,10-15H2,1-4H3. The number of aromatic nitrogens is 2. The van der Waals surface area contributed by atoms with E-state index in [9.17, 15) is 0 Å². The zero-order valence-corrected chi connectivity index (χ0v) is 15.5. The fourth-order valence-corrected chi connectivity index (χ4v) is 3.59. The first kappa shape index (κ1) is 17.2. The highest BCUT2D eigenvalue weighted by molar-refractivity contribution is 5.36. The average Bonchev–Trinajstić information content (AvgIpc) is 2.85. The highest BCUT2D eigenvalue weighted by atomic mass is 15.3. The lowest BCUT2D eigenvalue weighted by molar-refractivity contribution is 0.117. The Balaban J connectivity index is 1.67. The largest absolute Gasteiger partial charge is 0.301 e. The summed E-state index contributed by atoms with van der Waals surface area (Å²) in [7, 11) is 0. The Kier molecular flexibility index (Phi) is 5.36. The van der Waals surface area contributed by atoms with Crippen molar-refractivity contribution in [2.24, 2.45) is 5.92 Å². The van der Waals surface area contributed by atoms with E-state index >= 15 is 0 Å². The number of hydrogen-bond acceptors (Lipinski definition) is 3. The first-order chi connectivity index (χ1) is 11.5. The van der Waals surface area contributed by atoms with Crippen molar-refractivity contribution in [2.75, 3.05) is 32.7 Å². The lowest BCUT2D eigenvalue weighted by atomic mass is 10.1. The van der Waals surface area contributed by atoms with Crippen molar-refractivity contribution in [3.05, 3.63) is 47.3 Å². The summed E-state index contributed by atoms with van der Waals surface area (Å²) in [6.45, 7) is 15.8. The maximum atomic E-state index is 4.78. The van der Waals surface area contributed by atoms with Gasteiger partial charge in [0.15, 0.2) is 0 Å². The van der Waals surface area contributed by atoms with Crippen molar-refractivity contribution in [2.45, 2.75) is 34.2 Å². The number of benzene rings is 1. The molecule has 0 aliphatic carbocycles. The number of rotatable bonds is 5. The second-order valence-electron chi connectivity index (χ2n) is 7.37.